The van der Waals surface area contributed by atoms with Crippen LogP contribution in [0.2, 0.25) is 0 Å². The molecule has 2 N–H and O–H groups in total. The maximum absolute atomic E-state index is 12.5. The van der Waals surface area contributed by atoms with Gasteiger partial charge in [0.05, 0.1) is 11.1 Å². The fourth-order valence-electron chi connectivity index (χ4n) is 2.00. The van der Waals surface area contributed by atoms with E-state index in [-0.39, 0.29) is 5.91 Å². The van der Waals surface area contributed by atoms with Crippen LogP contribution >= 0.6 is 11.3 Å². The van der Waals surface area contributed by atoms with Crippen LogP contribution in [0.3, 0.4) is 0 Å². The van der Waals surface area contributed by atoms with Crippen molar-refractivity contribution in [3.63, 3.8) is 0 Å². The summed E-state index contributed by atoms with van der Waals surface area (Å²) in [5.74, 6) is -0.0988. The highest BCUT2D eigenvalue weighted by Gasteiger charge is 2.26. The highest BCUT2D eigenvalue weighted by Crippen LogP contribution is 2.24. The van der Waals surface area contributed by atoms with Crippen LogP contribution < -0.4 is 10.6 Å². The number of aromatic nitrogens is 1. The molecule has 0 aliphatic heterocycles. The van der Waals surface area contributed by atoms with Crippen LogP contribution in [0.1, 0.15) is 34.8 Å². The zero-order valence-electron chi connectivity index (χ0n) is 12.2. The van der Waals surface area contributed by atoms with Gasteiger partial charge in [-0.15, -0.1) is 11.3 Å². The molecule has 5 heteroatoms. The van der Waals surface area contributed by atoms with Crippen molar-refractivity contribution in [2.24, 2.45) is 0 Å². The maximum atomic E-state index is 12.5. The van der Waals surface area contributed by atoms with Gasteiger partial charge in [-0.05, 0) is 32.9 Å². The minimum Gasteiger partial charge on any atom is -0.387 e. The molecule has 1 heterocycles. The maximum Gasteiger partial charge on any atom is 0.254 e. The molecule has 0 fully saturated rings. The van der Waals surface area contributed by atoms with E-state index in [0.29, 0.717) is 5.56 Å². The third-order valence-electron chi connectivity index (χ3n) is 3.08. The van der Waals surface area contributed by atoms with Crippen LogP contribution in [-0.4, -0.2) is 17.9 Å². The average Bonchev–Trinajstić information content (AvgIpc) is 2.92. The largest absolute Gasteiger partial charge is 0.387 e. The Hall–Kier alpha value is -1.88. The van der Waals surface area contributed by atoms with Crippen molar-refractivity contribution < 1.29 is 4.79 Å². The van der Waals surface area contributed by atoms with Crippen molar-refractivity contribution in [2.75, 3.05) is 12.4 Å². The molecule has 20 heavy (non-hydrogen) atoms. The number of nitrogens with zero attached hydrogens (tertiary/aromatic N) is 1. The lowest BCUT2D eigenvalue weighted by Crippen LogP contribution is -2.41. The van der Waals surface area contributed by atoms with Gasteiger partial charge in [-0.2, -0.15) is 0 Å². The first-order chi connectivity index (χ1) is 9.44. The van der Waals surface area contributed by atoms with Crippen molar-refractivity contribution in [2.45, 2.75) is 26.3 Å². The highest BCUT2D eigenvalue weighted by molar-refractivity contribution is 7.09. The van der Waals surface area contributed by atoms with Gasteiger partial charge in [0.2, 0.25) is 0 Å². The fourth-order valence-corrected chi connectivity index (χ4v) is 2.72. The molecule has 0 saturated heterocycles. The second-order valence-electron chi connectivity index (χ2n) is 5.22. The SMILES string of the molecule is CNc1ccc(C)cc1C(=O)NC(C)(C)c1nccs1. The lowest BCUT2D eigenvalue weighted by Gasteiger charge is -2.24. The number of amides is 1. The van der Waals surface area contributed by atoms with Gasteiger partial charge in [0, 0.05) is 24.3 Å². The molecule has 0 spiro atoms. The van der Waals surface area contributed by atoms with E-state index in [9.17, 15) is 4.79 Å². The van der Waals surface area contributed by atoms with Crippen LogP contribution in [0.15, 0.2) is 29.8 Å². The second-order valence-corrected chi connectivity index (χ2v) is 6.11. The molecule has 0 aliphatic carbocycles. The summed E-state index contributed by atoms with van der Waals surface area (Å²) >= 11 is 1.54. The number of nitrogens with one attached hydrogen (secondary N) is 2. The highest BCUT2D eigenvalue weighted by atomic mass is 32.1. The van der Waals surface area contributed by atoms with E-state index in [1.807, 2.05) is 51.4 Å². The number of anilines is 1. The number of hydrogen-bond donors (Lipinski definition) is 2. The number of hydrogen-bond acceptors (Lipinski definition) is 4. The van der Waals surface area contributed by atoms with Gasteiger partial charge in [0.15, 0.2) is 0 Å². The van der Waals surface area contributed by atoms with E-state index in [1.165, 1.54) is 11.3 Å². The molecule has 1 aromatic carbocycles. The molecule has 4 nitrogen and oxygen atoms in total. The fraction of sp³-hybridized carbons (Fsp3) is 0.333. The molecule has 1 amide bonds. The van der Waals surface area contributed by atoms with E-state index in [2.05, 4.69) is 15.6 Å². The number of aryl methyl sites for hydroxylation is 1. The summed E-state index contributed by atoms with van der Waals surface area (Å²) in [6.07, 6.45) is 1.75. The van der Waals surface area contributed by atoms with Gasteiger partial charge in [-0.3, -0.25) is 4.79 Å². The lowest BCUT2D eigenvalue weighted by atomic mass is 10.0. The number of thiazole rings is 1. The topological polar surface area (TPSA) is 54.0 Å². The quantitative estimate of drug-likeness (QED) is 0.909. The summed E-state index contributed by atoms with van der Waals surface area (Å²) in [4.78, 5) is 16.8. The van der Waals surface area contributed by atoms with Crippen LogP contribution in [0.4, 0.5) is 5.69 Å². The van der Waals surface area contributed by atoms with Gasteiger partial charge in [-0.25, -0.2) is 4.98 Å². The summed E-state index contributed by atoms with van der Waals surface area (Å²) in [6.45, 7) is 5.89. The predicted octanol–water partition coefficient (Wildman–Crippen LogP) is 3.16. The Labute approximate surface area is 123 Å². The lowest BCUT2D eigenvalue weighted by molar-refractivity contribution is 0.0912. The minimum absolute atomic E-state index is 0.0988. The van der Waals surface area contributed by atoms with Gasteiger partial charge in [-0.1, -0.05) is 11.6 Å². The Balaban J connectivity index is 2.26. The van der Waals surface area contributed by atoms with E-state index >= 15 is 0 Å². The number of carbonyl (C=O) groups excluding carboxylic acids is 1. The monoisotopic (exact) mass is 289 g/mol. The first-order valence-electron chi connectivity index (χ1n) is 6.45. The van der Waals surface area contributed by atoms with E-state index in [1.54, 1.807) is 6.20 Å². The van der Waals surface area contributed by atoms with Crippen molar-refractivity contribution in [3.8, 4) is 0 Å². The van der Waals surface area contributed by atoms with Crippen LogP contribution in [-0.2, 0) is 5.54 Å². The van der Waals surface area contributed by atoms with Gasteiger partial charge < -0.3 is 10.6 Å². The Morgan fingerprint density at radius 1 is 1.35 bits per heavy atom. The van der Waals surface area contributed by atoms with Gasteiger partial charge >= 0.3 is 0 Å². The first kappa shape index (κ1) is 14.5. The molecule has 1 aromatic heterocycles. The van der Waals surface area contributed by atoms with Crippen LogP contribution in [0.25, 0.3) is 0 Å². The van der Waals surface area contributed by atoms with Crippen LogP contribution in [0.5, 0.6) is 0 Å². The summed E-state index contributed by atoms with van der Waals surface area (Å²) < 4.78 is 0. The number of rotatable bonds is 4. The molecule has 2 aromatic rings. The smallest absolute Gasteiger partial charge is 0.254 e. The zero-order valence-corrected chi connectivity index (χ0v) is 13.0. The van der Waals surface area contributed by atoms with Crippen LogP contribution in [0, 0.1) is 6.92 Å². The summed E-state index contributed by atoms with van der Waals surface area (Å²) in [5.41, 5.74) is 2.04. The molecule has 0 saturated carbocycles. The number of carbonyl (C=O) groups is 1. The van der Waals surface area contributed by atoms with Crippen molar-refractivity contribution >= 4 is 22.9 Å². The summed E-state index contributed by atoms with van der Waals surface area (Å²) in [6, 6.07) is 5.79. The Kier molecular flexibility index (Phi) is 4.09. The Bertz CT molecular complexity index is 606. The summed E-state index contributed by atoms with van der Waals surface area (Å²) in [5, 5.41) is 8.90. The second kappa shape index (κ2) is 5.63. The molecule has 0 aliphatic rings. The molecule has 0 atom stereocenters. The summed E-state index contributed by atoms with van der Waals surface area (Å²) in [7, 11) is 1.81. The molecule has 0 radical (unpaired) electrons. The molecular formula is C15H19N3OS. The minimum atomic E-state index is -0.486. The van der Waals surface area contributed by atoms with Crippen molar-refractivity contribution in [1.82, 2.24) is 10.3 Å². The number of benzene rings is 1. The molecule has 2 rings (SSSR count). The van der Waals surface area contributed by atoms with E-state index < -0.39 is 5.54 Å². The predicted molar refractivity (Wildman–Crippen MR) is 83.3 cm³/mol. The van der Waals surface area contributed by atoms with E-state index in [0.717, 1.165) is 16.3 Å². The molecule has 106 valence electrons. The molecular weight excluding hydrogens is 270 g/mol. The zero-order chi connectivity index (χ0) is 14.8. The van der Waals surface area contributed by atoms with E-state index in [4.69, 9.17) is 0 Å². The average molecular weight is 289 g/mol. The van der Waals surface area contributed by atoms with Crippen molar-refractivity contribution in [3.05, 3.63) is 45.9 Å². The Morgan fingerprint density at radius 3 is 2.70 bits per heavy atom. The normalized spacial score (nSPS) is 11.2. The standard InChI is InChI=1S/C15H19N3OS/c1-10-5-6-12(16-4)11(9-10)13(19)18-15(2,3)14-17-7-8-20-14/h5-9,16H,1-4H3,(H,18,19). The third kappa shape index (κ3) is 2.99. The van der Waals surface area contributed by atoms with Gasteiger partial charge in [0.25, 0.3) is 5.91 Å². The third-order valence-corrected chi connectivity index (χ3v) is 4.18. The first-order valence-corrected chi connectivity index (χ1v) is 7.33. The molecule has 0 unspecified atom stereocenters. The molecule has 0 bridgehead atoms. The Morgan fingerprint density at radius 2 is 2.10 bits per heavy atom. The van der Waals surface area contributed by atoms with Gasteiger partial charge in [0.1, 0.15) is 5.01 Å². The van der Waals surface area contributed by atoms with Crippen molar-refractivity contribution in [1.29, 1.82) is 0 Å².